The predicted molar refractivity (Wildman–Crippen MR) is 134 cm³/mol. The first-order valence-corrected chi connectivity index (χ1v) is 11.8. The molecule has 0 aromatic heterocycles. The average molecular weight is 565 g/mol. The molecule has 1 fully saturated rings. The molecule has 34 heavy (non-hydrogen) atoms. The molecule has 178 valence electrons. The summed E-state index contributed by atoms with van der Waals surface area (Å²) in [7, 11) is 0. The number of carbonyl (C=O) groups is 4. The molecule has 3 atom stereocenters. The summed E-state index contributed by atoms with van der Waals surface area (Å²) in [6.07, 6.45) is -0.290. The lowest BCUT2D eigenvalue weighted by molar-refractivity contribution is -0.140. The highest BCUT2D eigenvalue weighted by Gasteiger charge is 2.48. The zero-order chi connectivity index (χ0) is 24.7. The molecule has 1 aliphatic heterocycles. The van der Waals surface area contributed by atoms with Crippen LogP contribution in [0.3, 0.4) is 0 Å². The Balaban J connectivity index is 1.60. The molecular weight excluding hydrogens is 544 g/mol. The molecule has 11 heteroatoms. The number of β-lactam (4-membered cyclic amide) rings is 1. The number of amides is 2. The highest BCUT2D eigenvalue weighted by Crippen LogP contribution is 2.23. The number of carbonyl (C=O) groups excluding carboxylic acids is 4. The number of hydrogen-bond acceptors (Lipinski definition) is 7. The molecule has 1 aliphatic rings. The van der Waals surface area contributed by atoms with E-state index in [1.807, 2.05) is 18.2 Å². The lowest BCUT2D eigenvalue weighted by atomic mass is 9.82. The molecule has 0 spiro atoms. The lowest BCUT2D eigenvalue weighted by Crippen LogP contribution is -2.72. The van der Waals surface area contributed by atoms with Crippen molar-refractivity contribution < 1.29 is 28.7 Å². The van der Waals surface area contributed by atoms with E-state index in [0.29, 0.717) is 5.75 Å². The van der Waals surface area contributed by atoms with Crippen LogP contribution in [-0.4, -0.2) is 46.5 Å². The fraction of sp³-hybridized carbons (Fsp3) is 0.261. The molecule has 1 unspecified atom stereocenters. The predicted octanol–water partition coefficient (Wildman–Crippen LogP) is 2.39. The van der Waals surface area contributed by atoms with Crippen molar-refractivity contribution in [3.63, 3.8) is 0 Å². The SMILES string of the molecule is O=C(S)CC(C(=O)C(=S)OCc1ccc(Br)cc1)[C@H]1NC(=O)[C@@H]1NC(=O)COc1ccccc1. The van der Waals surface area contributed by atoms with Crippen LogP contribution in [0.15, 0.2) is 59.1 Å². The van der Waals surface area contributed by atoms with Gasteiger partial charge in [-0.05, 0) is 42.0 Å². The zero-order valence-corrected chi connectivity index (χ0v) is 21.0. The number of hydrogen-bond donors (Lipinski definition) is 3. The van der Waals surface area contributed by atoms with E-state index in [1.165, 1.54) is 0 Å². The summed E-state index contributed by atoms with van der Waals surface area (Å²) in [5.74, 6) is -2.20. The Bertz CT molecular complexity index is 1080. The molecule has 8 nitrogen and oxygen atoms in total. The second kappa shape index (κ2) is 12.1. The van der Waals surface area contributed by atoms with E-state index in [0.717, 1.165) is 10.0 Å². The number of halogens is 1. The number of thiocarbonyl (C=S) groups is 1. The third-order valence-electron chi connectivity index (χ3n) is 5.03. The summed E-state index contributed by atoms with van der Waals surface area (Å²) in [5.41, 5.74) is 0.792. The molecule has 0 radical (unpaired) electrons. The molecular formula is C23H21BrN2O6S2. The van der Waals surface area contributed by atoms with Crippen molar-refractivity contribution in [1.29, 1.82) is 0 Å². The molecule has 1 heterocycles. The lowest BCUT2D eigenvalue weighted by Gasteiger charge is -2.40. The Morgan fingerprint density at radius 3 is 2.41 bits per heavy atom. The molecule has 0 aliphatic carbocycles. The summed E-state index contributed by atoms with van der Waals surface area (Å²) < 4.78 is 11.7. The first kappa shape index (κ1) is 25.9. The topological polar surface area (TPSA) is 111 Å². The van der Waals surface area contributed by atoms with Gasteiger partial charge in [-0.3, -0.25) is 19.2 Å². The van der Waals surface area contributed by atoms with Crippen LogP contribution in [0.5, 0.6) is 5.75 Å². The summed E-state index contributed by atoms with van der Waals surface area (Å²) in [4.78, 5) is 49.1. The van der Waals surface area contributed by atoms with E-state index in [9.17, 15) is 19.2 Å². The zero-order valence-electron chi connectivity index (χ0n) is 17.7. The van der Waals surface area contributed by atoms with Crippen LogP contribution >= 0.6 is 40.8 Å². The summed E-state index contributed by atoms with van der Waals surface area (Å²) in [6, 6.07) is 14.1. The molecule has 2 aromatic rings. The first-order valence-electron chi connectivity index (χ1n) is 10.2. The number of benzene rings is 2. The van der Waals surface area contributed by atoms with Crippen LogP contribution in [0.2, 0.25) is 0 Å². The maximum atomic E-state index is 13.0. The van der Waals surface area contributed by atoms with Gasteiger partial charge in [0.1, 0.15) is 18.4 Å². The Labute approximate surface area is 215 Å². The number of ether oxygens (including phenoxy) is 2. The van der Waals surface area contributed by atoms with Crippen molar-refractivity contribution in [3.8, 4) is 5.75 Å². The molecule has 0 bridgehead atoms. The van der Waals surface area contributed by atoms with Crippen LogP contribution in [0.1, 0.15) is 12.0 Å². The van der Waals surface area contributed by atoms with E-state index in [-0.39, 0.29) is 24.7 Å². The van der Waals surface area contributed by atoms with Crippen LogP contribution in [0, 0.1) is 5.92 Å². The number of Topliss-reactive ketones (excluding diaryl/α,β-unsaturated/α-hetero) is 1. The molecule has 2 N–H and O–H groups in total. The van der Waals surface area contributed by atoms with Crippen molar-refractivity contribution in [2.24, 2.45) is 5.92 Å². The van der Waals surface area contributed by atoms with Gasteiger partial charge in [-0.25, -0.2) is 0 Å². The van der Waals surface area contributed by atoms with Gasteiger partial charge in [0, 0.05) is 10.9 Å². The van der Waals surface area contributed by atoms with Gasteiger partial charge in [0.25, 0.3) is 5.91 Å². The highest BCUT2D eigenvalue weighted by molar-refractivity contribution is 9.10. The van der Waals surface area contributed by atoms with Gasteiger partial charge in [-0.15, -0.1) is 12.6 Å². The monoisotopic (exact) mass is 564 g/mol. The molecule has 3 rings (SSSR count). The van der Waals surface area contributed by atoms with Crippen LogP contribution in [-0.2, 0) is 30.5 Å². The number of para-hydroxylation sites is 1. The van der Waals surface area contributed by atoms with E-state index in [1.54, 1.807) is 36.4 Å². The summed E-state index contributed by atoms with van der Waals surface area (Å²) in [6.45, 7) is -0.257. The summed E-state index contributed by atoms with van der Waals surface area (Å²) in [5, 5.41) is 4.23. The van der Waals surface area contributed by atoms with E-state index >= 15 is 0 Å². The first-order chi connectivity index (χ1) is 16.2. The third kappa shape index (κ3) is 7.12. The largest absolute Gasteiger partial charge is 0.484 e. The van der Waals surface area contributed by atoms with Crippen molar-refractivity contribution in [2.75, 3.05) is 6.61 Å². The van der Waals surface area contributed by atoms with Crippen molar-refractivity contribution in [1.82, 2.24) is 10.6 Å². The van der Waals surface area contributed by atoms with E-state index in [4.69, 9.17) is 21.7 Å². The number of rotatable bonds is 11. The van der Waals surface area contributed by atoms with Crippen molar-refractivity contribution >= 4 is 68.5 Å². The minimum absolute atomic E-state index is 0.0629. The smallest absolute Gasteiger partial charge is 0.258 e. The second-order valence-corrected chi connectivity index (χ2v) is 9.24. The average Bonchev–Trinajstić information content (AvgIpc) is 2.82. The standard InChI is InChI=1S/C23H21BrN2O6S2/c24-14-8-6-13(7-9-14)11-32-23(34)21(29)16(10-18(28)33)19-20(22(30)26-19)25-17(27)12-31-15-4-2-1-3-5-15/h1-9,16,19-20H,10-12H2,(H,25,27)(H,26,30)(H,28,33)/t16?,19-,20-/m1/s1. The van der Waals surface area contributed by atoms with Crippen LogP contribution in [0.4, 0.5) is 0 Å². The van der Waals surface area contributed by atoms with Crippen LogP contribution in [0.25, 0.3) is 0 Å². The normalized spacial score (nSPS) is 17.5. The maximum absolute atomic E-state index is 13.0. The number of nitrogens with one attached hydrogen (secondary N) is 2. The molecule has 1 saturated heterocycles. The second-order valence-electron chi connectivity index (χ2n) is 7.45. The molecule has 0 saturated carbocycles. The molecule has 2 amide bonds. The van der Waals surface area contributed by atoms with Gasteiger partial charge < -0.3 is 20.1 Å². The third-order valence-corrected chi connectivity index (χ3v) is 6.06. The van der Waals surface area contributed by atoms with Gasteiger partial charge in [0.2, 0.25) is 16.7 Å². The highest BCUT2D eigenvalue weighted by atomic mass is 79.9. The van der Waals surface area contributed by atoms with E-state index in [2.05, 4.69) is 39.2 Å². The Hall–Kier alpha value is -2.76. The fourth-order valence-electron chi connectivity index (χ4n) is 3.30. The minimum Gasteiger partial charge on any atom is -0.484 e. The quantitative estimate of drug-likeness (QED) is 0.218. The number of thiol groups is 1. The maximum Gasteiger partial charge on any atom is 0.258 e. The van der Waals surface area contributed by atoms with Crippen LogP contribution < -0.4 is 15.4 Å². The minimum atomic E-state index is -1.04. The van der Waals surface area contributed by atoms with E-state index < -0.39 is 40.7 Å². The Kier molecular flexibility index (Phi) is 9.20. The fourth-order valence-corrected chi connectivity index (χ4v) is 3.97. The summed E-state index contributed by atoms with van der Waals surface area (Å²) >= 11 is 12.2. The van der Waals surface area contributed by atoms with Crippen molar-refractivity contribution in [2.45, 2.75) is 25.1 Å². The Morgan fingerprint density at radius 1 is 1.12 bits per heavy atom. The van der Waals surface area contributed by atoms with Gasteiger partial charge >= 0.3 is 0 Å². The van der Waals surface area contributed by atoms with Crippen molar-refractivity contribution in [3.05, 3.63) is 64.6 Å². The molecule has 2 aromatic carbocycles. The van der Waals surface area contributed by atoms with Gasteiger partial charge in [-0.2, -0.15) is 0 Å². The van der Waals surface area contributed by atoms with Gasteiger partial charge in [0.05, 0.1) is 12.0 Å². The van der Waals surface area contributed by atoms with Gasteiger partial charge in [-0.1, -0.05) is 46.3 Å². The number of ketones is 1. The Morgan fingerprint density at radius 2 is 1.79 bits per heavy atom. The van der Waals surface area contributed by atoms with Gasteiger partial charge in [0.15, 0.2) is 11.7 Å².